The van der Waals surface area contributed by atoms with Crippen molar-refractivity contribution < 1.29 is 18.7 Å². The summed E-state index contributed by atoms with van der Waals surface area (Å²) in [5.74, 6) is 1.01. The lowest BCUT2D eigenvalue weighted by Gasteiger charge is -2.53. The van der Waals surface area contributed by atoms with Gasteiger partial charge in [-0.05, 0) is 93.8 Å². The number of piperidine rings is 1. The van der Waals surface area contributed by atoms with Crippen LogP contribution < -0.4 is 4.74 Å². The van der Waals surface area contributed by atoms with E-state index in [9.17, 15) is 9.18 Å². The van der Waals surface area contributed by atoms with Gasteiger partial charge in [0.25, 0.3) is 0 Å². The molecule has 0 radical (unpaired) electrons. The average Bonchev–Trinajstić information content (AvgIpc) is 3.23. The average molecular weight is 418 g/mol. The number of likely N-dealkylation sites (tertiary alicyclic amines) is 1. The molecule has 0 aromatic heterocycles. The highest BCUT2D eigenvalue weighted by Gasteiger charge is 2.45. The van der Waals surface area contributed by atoms with E-state index >= 15 is 0 Å². The van der Waals surface area contributed by atoms with Crippen molar-refractivity contribution >= 4 is 5.97 Å². The molecule has 0 bridgehead atoms. The number of methoxy groups -OCH3 is 1. The first-order valence-electron chi connectivity index (χ1n) is 11.8. The number of nitrogens with zero attached hydrogens (tertiary/aromatic N) is 1. The summed E-state index contributed by atoms with van der Waals surface area (Å²) in [6.07, 6.45) is 13.5. The zero-order valence-corrected chi connectivity index (χ0v) is 18.3. The molecule has 4 nitrogen and oxygen atoms in total. The van der Waals surface area contributed by atoms with Crippen molar-refractivity contribution in [2.45, 2.75) is 64.2 Å². The molecule has 0 N–H and O–H groups in total. The predicted molar refractivity (Wildman–Crippen MR) is 115 cm³/mol. The Kier molecular flexibility index (Phi) is 6.97. The van der Waals surface area contributed by atoms with Crippen LogP contribution in [0.5, 0.6) is 5.75 Å². The Hall–Kier alpha value is -1.62. The van der Waals surface area contributed by atoms with Gasteiger partial charge in [0.05, 0.1) is 19.3 Å². The fourth-order valence-electron chi connectivity index (χ4n) is 5.97. The number of benzene rings is 1. The van der Waals surface area contributed by atoms with Crippen molar-refractivity contribution in [1.82, 2.24) is 4.90 Å². The second-order valence-corrected chi connectivity index (χ2v) is 9.85. The molecule has 2 saturated carbocycles. The zero-order valence-electron chi connectivity index (χ0n) is 18.3. The van der Waals surface area contributed by atoms with E-state index in [1.54, 1.807) is 6.07 Å². The van der Waals surface area contributed by atoms with Gasteiger partial charge in [-0.1, -0.05) is 12.8 Å². The van der Waals surface area contributed by atoms with Gasteiger partial charge < -0.3 is 14.4 Å². The third kappa shape index (κ3) is 5.16. The molecule has 1 aromatic rings. The lowest BCUT2D eigenvalue weighted by Crippen LogP contribution is -2.48. The fourth-order valence-corrected chi connectivity index (χ4v) is 5.97. The molecule has 166 valence electrons. The standard InChI is InChI=1S/C25H36FNO3/c1-29-24(28)22-9-8-21(15-23(22)26)30-14-4-7-20-16-25(17-20)10-12-27(13-11-25)18-19-5-2-3-6-19/h8-9,15,19-20H,2-7,10-14,16-18H2,1H3. The van der Waals surface area contributed by atoms with E-state index in [0.717, 1.165) is 18.3 Å². The molecule has 4 rings (SSSR count). The summed E-state index contributed by atoms with van der Waals surface area (Å²) in [5.41, 5.74) is 0.573. The van der Waals surface area contributed by atoms with Crippen LogP contribution in [0.15, 0.2) is 18.2 Å². The smallest absolute Gasteiger partial charge is 0.340 e. The van der Waals surface area contributed by atoms with Gasteiger partial charge in [0.15, 0.2) is 0 Å². The number of hydrogen-bond acceptors (Lipinski definition) is 4. The summed E-state index contributed by atoms with van der Waals surface area (Å²) in [6, 6.07) is 4.32. The maximum atomic E-state index is 13.9. The van der Waals surface area contributed by atoms with E-state index in [1.165, 1.54) is 96.7 Å². The van der Waals surface area contributed by atoms with Crippen molar-refractivity contribution in [3.05, 3.63) is 29.6 Å². The van der Waals surface area contributed by atoms with Crippen LogP contribution in [-0.4, -0.2) is 44.2 Å². The quantitative estimate of drug-likeness (QED) is 0.416. The number of esters is 1. The molecular formula is C25H36FNO3. The first-order chi connectivity index (χ1) is 14.6. The lowest BCUT2D eigenvalue weighted by atomic mass is 9.56. The summed E-state index contributed by atoms with van der Waals surface area (Å²) in [6.45, 7) is 4.55. The van der Waals surface area contributed by atoms with Crippen LogP contribution in [-0.2, 0) is 4.74 Å². The first-order valence-corrected chi connectivity index (χ1v) is 11.8. The molecule has 30 heavy (non-hydrogen) atoms. The molecule has 3 fully saturated rings. The molecule has 1 aliphatic heterocycles. The van der Waals surface area contributed by atoms with Crippen LogP contribution in [0.2, 0.25) is 0 Å². The van der Waals surface area contributed by atoms with Crippen molar-refractivity contribution in [2.24, 2.45) is 17.3 Å². The minimum atomic E-state index is -0.665. The SMILES string of the molecule is COC(=O)c1ccc(OCCCC2CC3(CCN(CC4CCCC4)CC3)C2)cc1F. The molecule has 0 unspecified atom stereocenters. The highest BCUT2D eigenvalue weighted by Crippen LogP contribution is 2.54. The van der Waals surface area contributed by atoms with Gasteiger partial charge in [0, 0.05) is 12.6 Å². The molecule has 3 aliphatic rings. The summed E-state index contributed by atoms with van der Waals surface area (Å²) in [5, 5.41) is 0. The van der Waals surface area contributed by atoms with E-state index in [4.69, 9.17) is 4.74 Å². The second-order valence-electron chi connectivity index (χ2n) is 9.85. The van der Waals surface area contributed by atoms with Gasteiger partial charge in [-0.2, -0.15) is 0 Å². The summed E-state index contributed by atoms with van der Waals surface area (Å²) < 4.78 is 24.2. The van der Waals surface area contributed by atoms with Crippen molar-refractivity contribution in [2.75, 3.05) is 33.4 Å². The molecule has 0 amide bonds. The molecular weight excluding hydrogens is 381 g/mol. The monoisotopic (exact) mass is 417 g/mol. The van der Waals surface area contributed by atoms with Gasteiger partial charge in [0.2, 0.25) is 0 Å². The number of carbonyl (C=O) groups is 1. The number of carbonyl (C=O) groups excluding carboxylic acids is 1. The van der Waals surface area contributed by atoms with E-state index < -0.39 is 11.8 Å². The molecule has 0 atom stereocenters. The fraction of sp³-hybridized carbons (Fsp3) is 0.720. The number of ether oxygens (including phenoxy) is 2. The number of hydrogen-bond donors (Lipinski definition) is 0. The van der Waals surface area contributed by atoms with E-state index in [-0.39, 0.29) is 5.56 Å². The summed E-state index contributed by atoms with van der Waals surface area (Å²) in [4.78, 5) is 14.2. The highest BCUT2D eigenvalue weighted by atomic mass is 19.1. The number of rotatable bonds is 8. The molecule has 1 saturated heterocycles. The van der Waals surface area contributed by atoms with E-state index in [1.807, 2.05) is 0 Å². The van der Waals surface area contributed by atoms with Gasteiger partial charge in [-0.15, -0.1) is 0 Å². The third-order valence-electron chi connectivity index (χ3n) is 7.72. The molecule has 1 aromatic carbocycles. The minimum Gasteiger partial charge on any atom is -0.493 e. The van der Waals surface area contributed by atoms with Crippen molar-refractivity contribution in [1.29, 1.82) is 0 Å². The van der Waals surface area contributed by atoms with Crippen molar-refractivity contribution in [3.8, 4) is 5.75 Å². The van der Waals surface area contributed by atoms with Gasteiger partial charge in [-0.3, -0.25) is 0 Å². The van der Waals surface area contributed by atoms with Gasteiger partial charge in [0.1, 0.15) is 11.6 Å². The summed E-state index contributed by atoms with van der Waals surface area (Å²) >= 11 is 0. The molecule has 1 heterocycles. The Balaban J connectivity index is 1.11. The topological polar surface area (TPSA) is 38.8 Å². The lowest BCUT2D eigenvalue weighted by molar-refractivity contribution is -0.0206. The normalized spacial score (nSPS) is 22.2. The maximum absolute atomic E-state index is 13.9. The Morgan fingerprint density at radius 2 is 1.90 bits per heavy atom. The third-order valence-corrected chi connectivity index (χ3v) is 7.72. The van der Waals surface area contributed by atoms with Crippen LogP contribution in [0.25, 0.3) is 0 Å². The minimum absolute atomic E-state index is 0.0566. The summed E-state index contributed by atoms with van der Waals surface area (Å²) in [7, 11) is 1.25. The first kappa shape index (κ1) is 21.6. The van der Waals surface area contributed by atoms with E-state index in [0.29, 0.717) is 17.8 Å². The highest BCUT2D eigenvalue weighted by molar-refractivity contribution is 5.89. The predicted octanol–water partition coefficient (Wildman–Crippen LogP) is 5.45. The Morgan fingerprint density at radius 3 is 2.57 bits per heavy atom. The van der Waals surface area contributed by atoms with Crippen LogP contribution in [0.1, 0.15) is 74.6 Å². The van der Waals surface area contributed by atoms with Gasteiger partial charge in [-0.25, -0.2) is 9.18 Å². The largest absolute Gasteiger partial charge is 0.493 e. The van der Waals surface area contributed by atoms with Crippen molar-refractivity contribution in [3.63, 3.8) is 0 Å². The number of halogens is 1. The molecule has 2 aliphatic carbocycles. The maximum Gasteiger partial charge on any atom is 0.340 e. The van der Waals surface area contributed by atoms with Gasteiger partial charge >= 0.3 is 5.97 Å². The van der Waals surface area contributed by atoms with Crippen LogP contribution in [0, 0.1) is 23.1 Å². The zero-order chi connectivity index (χ0) is 21.0. The van der Waals surface area contributed by atoms with Crippen LogP contribution >= 0.6 is 0 Å². The van der Waals surface area contributed by atoms with Crippen LogP contribution in [0.4, 0.5) is 4.39 Å². The molecule has 1 spiro atoms. The second kappa shape index (κ2) is 9.67. The Bertz CT molecular complexity index is 715. The van der Waals surface area contributed by atoms with Crippen LogP contribution in [0.3, 0.4) is 0 Å². The molecule has 5 heteroatoms. The Labute approximate surface area is 180 Å². The Morgan fingerprint density at radius 1 is 1.17 bits per heavy atom. The van der Waals surface area contributed by atoms with E-state index in [2.05, 4.69) is 9.64 Å².